The second kappa shape index (κ2) is 4.20. The van der Waals surface area contributed by atoms with Gasteiger partial charge in [0.15, 0.2) is 11.6 Å². The zero-order valence-electron chi connectivity index (χ0n) is 9.31. The second-order valence-electron chi connectivity index (χ2n) is 4.17. The van der Waals surface area contributed by atoms with Crippen LogP contribution in [0.2, 0.25) is 0 Å². The minimum atomic E-state index is 0.267. The van der Waals surface area contributed by atoms with Gasteiger partial charge in [0, 0.05) is 32.2 Å². The Hall–Kier alpha value is -1.07. The minimum Gasteiger partial charge on any atom is -0.381 e. The van der Waals surface area contributed by atoms with Crippen molar-refractivity contribution < 1.29 is 4.52 Å². The molecule has 1 aromatic heterocycles. The second-order valence-corrected chi connectivity index (χ2v) is 4.17. The fourth-order valence-corrected chi connectivity index (χ4v) is 1.89. The molecule has 2 N–H and O–H groups in total. The van der Waals surface area contributed by atoms with Crippen LogP contribution in [0.5, 0.6) is 0 Å². The zero-order valence-corrected chi connectivity index (χ0v) is 9.31. The Bertz CT molecular complexity index is 317. The van der Waals surface area contributed by atoms with Crippen molar-refractivity contribution in [1.82, 2.24) is 15.0 Å². The van der Waals surface area contributed by atoms with E-state index in [4.69, 9.17) is 10.3 Å². The summed E-state index contributed by atoms with van der Waals surface area (Å²) in [5.74, 6) is 1.32. The van der Waals surface area contributed by atoms with Crippen molar-refractivity contribution in [3.63, 3.8) is 0 Å². The van der Waals surface area contributed by atoms with Crippen molar-refractivity contribution in [3.05, 3.63) is 11.8 Å². The van der Waals surface area contributed by atoms with Crippen LogP contribution in [-0.4, -0.2) is 48.2 Å². The number of piperazine rings is 1. The zero-order chi connectivity index (χ0) is 10.8. The maximum atomic E-state index is 5.54. The van der Waals surface area contributed by atoms with Gasteiger partial charge in [-0.3, -0.25) is 4.90 Å². The predicted octanol–water partition coefficient (Wildman–Crippen LogP) is 0.565. The molecule has 0 aromatic carbocycles. The van der Waals surface area contributed by atoms with Crippen LogP contribution < -0.4 is 5.73 Å². The van der Waals surface area contributed by atoms with Gasteiger partial charge in [0.25, 0.3) is 0 Å². The summed E-state index contributed by atoms with van der Waals surface area (Å²) in [6.07, 6.45) is 0. The topological polar surface area (TPSA) is 58.5 Å². The van der Waals surface area contributed by atoms with Gasteiger partial charge < -0.3 is 15.2 Å². The SMILES string of the molecule is CC(c1cc(N)no1)N1CCN(C)CC1. The van der Waals surface area contributed by atoms with E-state index in [1.54, 1.807) is 0 Å². The van der Waals surface area contributed by atoms with E-state index >= 15 is 0 Å². The number of anilines is 1. The van der Waals surface area contributed by atoms with Crippen molar-refractivity contribution in [2.24, 2.45) is 0 Å². The highest BCUT2D eigenvalue weighted by Crippen LogP contribution is 2.22. The summed E-state index contributed by atoms with van der Waals surface area (Å²) >= 11 is 0. The number of nitrogens with two attached hydrogens (primary N) is 1. The van der Waals surface area contributed by atoms with Crippen LogP contribution in [0, 0.1) is 0 Å². The first-order valence-corrected chi connectivity index (χ1v) is 5.31. The lowest BCUT2D eigenvalue weighted by molar-refractivity contribution is 0.105. The lowest BCUT2D eigenvalue weighted by Gasteiger charge is -2.35. The molecule has 1 aromatic rings. The lowest BCUT2D eigenvalue weighted by Crippen LogP contribution is -2.45. The van der Waals surface area contributed by atoms with Gasteiger partial charge in [-0.25, -0.2) is 0 Å². The van der Waals surface area contributed by atoms with Crippen molar-refractivity contribution in [3.8, 4) is 0 Å². The smallest absolute Gasteiger partial charge is 0.167 e. The van der Waals surface area contributed by atoms with Crippen molar-refractivity contribution in [1.29, 1.82) is 0 Å². The van der Waals surface area contributed by atoms with Crippen LogP contribution in [-0.2, 0) is 0 Å². The van der Waals surface area contributed by atoms with Gasteiger partial charge in [0.05, 0.1) is 6.04 Å². The van der Waals surface area contributed by atoms with E-state index in [-0.39, 0.29) is 6.04 Å². The lowest BCUT2D eigenvalue weighted by atomic mass is 10.2. The number of aromatic nitrogens is 1. The molecule has 5 heteroatoms. The van der Waals surface area contributed by atoms with Crippen LogP contribution in [0.1, 0.15) is 18.7 Å². The van der Waals surface area contributed by atoms with Gasteiger partial charge in [-0.1, -0.05) is 5.16 Å². The molecule has 1 aliphatic rings. The van der Waals surface area contributed by atoms with E-state index in [1.165, 1.54) is 0 Å². The van der Waals surface area contributed by atoms with Gasteiger partial charge >= 0.3 is 0 Å². The van der Waals surface area contributed by atoms with Crippen LogP contribution in [0.3, 0.4) is 0 Å². The van der Waals surface area contributed by atoms with Crippen LogP contribution in [0.15, 0.2) is 10.6 Å². The summed E-state index contributed by atoms with van der Waals surface area (Å²) < 4.78 is 5.18. The molecule has 0 amide bonds. The molecule has 0 radical (unpaired) electrons. The molecular weight excluding hydrogens is 192 g/mol. The summed E-state index contributed by atoms with van der Waals surface area (Å²) in [6.45, 7) is 6.48. The van der Waals surface area contributed by atoms with E-state index in [0.717, 1.165) is 31.9 Å². The number of nitrogens with zero attached hydrogens (tertiary/aromatic N) is 3. The normalized spacial score (nSPS) is 21.7. The predicted molar refractivity (Wildman–Crippen MR) is 58.4 cm³/mol. The molecule has 1 fully saturated rings. The summed E-state index contributed by atoms with van der Waals surface area (Å²) in [6, 6.07) is 2.08. The Morgan fingerprint density at radius 1 is 1.40 bits per heavy atom. The van der Waals surface area contributed by atoms with Crippen molar-refractivity contribution >= 4 is 5.82 Å². The van der Waals surface area contributed by atoms with E-state index < -0.39 is 0 Å². The van der Waals surface area contributed by atoms with Crippen molar-refractivity contribution in [2.75, 3.05) is 39.0 Å². The molecule has 84 valence electrons. The molecule has 0 spiro atoms. The molecule has 0 saturated carbocycles. The largest absolute Gasteiger partial charge is 0.381 e. The molecular formula is C10H18N4O. The van der Waals surface area contributed by atoms with Gasteiger partial charge in [-0.2, -0.15) is 0 Å². The molecule has 0 bridgehead atoms. The number of rotatable bonds is 2. The van der Waals surface area contributed by atoms with Gasteiger partial charge in [0.1, 0.15) is 0 Å². The molecule has 1 atom stereocenters. The average Bonchev–Trinajstić information content (AvgIpc) is 2.65. The van der Waals surface area contributed by atoms with Crippen LogP contribution in [0.4, 0.5) is 5.82 Å². The van der Waals surface area contributed by atoms with Crippen molar-refractivity contribution in [2.45, 2.75) is 13.0 Å². The Labute approximate surface area is 89.8 Å². The third-order valence-corrected chi connectivity index (χ3v) is 3.04. The fourth-order valence-electron chi connectivity index (χ4n) is 1.89. The monoisotopic (exact) mass is 210 g/mol. The third-order valence-electron chi connectivity index (χ3n) is 3.04. The quantitative estimate of drug-likeness (QED) is 0.773. The number of hydrogen-bond acceptors (Lipinski definition) is 5. The molecule has 1 saturated heterocycles. The highest BCUT2D eigenvalue weighted by Gasteiger charge is 2.22. The molecule has 2 rings (SSSR count). The maximum absolute atomic E-state index is 5.54. The Morgan fingerprint density at radius 3 is 2.60 bits per heavy atom. The van der Waals surface area contributed by atoms with Crippen LogP contribution >= 0.6 is 0 Å². The number of likely N-dealkylation sites (N-methyl/N-ethyl adjacent to an activating group) is 1. The van der Waals surface area contributed by atoms with Gasteiger partial charge in [-0.05, 0) is 14.0 Å². The average molecular weight is 210 g/mol. The Morgan fingerprint density at radius 2 is 2.07 bits per heavy atom. The molecule has 5 nitrogen and oxygen atoms in total. The highest BCUT2D eigenvalue weighted by molar-refractivity contribution is 5.27. The summed E-state index contributed by atoms with van der Waals surface area (Å²) in [5.41, 5.74) is 5.54. The first kappa shape index (κ1) is 10.4. The number of nitrogen functional groups attached to an aromatic ring is 1. The van der Waals surface area contributed by atoms with E-state index in [1.807, 2.05) is 6.07 Å². The van der Waals surface area contributed by atoms with E-state index in [0.29, 0.717) is 5.82 Å². The maximum Gasteiger partial charge on any atom is 0.167 e. The van der Waals surface area contributed by atoms with E-state index in [9.17, 15) is 0 Å². The van der Waals surface area contributed by atoms with Crippen LogP contribution in [0.25, 0.3) is 0 Å². The van der Waals surface area contributed by atoms with Gasteiger partial charge in [0.2, 0.25) is 0 Å². The first-order valence-electron chi connectivity index (χ1n) is 5.31. The molecule has 1 aliphatic heterocycles. The summed E-state index contributed by atoms with van der Waals surface area (Å²) in [5, 5.41) is 3.71. The van der Waals surface area contributed by atoms with Gasteiger partial charge in [-0.15, -0.1) is 0 Å². The summed E-state index contributed by atoms with van der Waals surface area (Å²) in [4.78, 5) is 4.72. The summed E-state index contributed by atoms with van der Waals surface area (Å²) in [7, 11) is 2.15. The van der Waals surface area contributed by atoms with E-state index in [2.05, 4.69) is 28.9 Å². The molecule has 15 heavy (non-hydrogen) atoms. The molecule has 1 unspecified atom stereocenters. The third kappa shape index (κ3) is 2.30. The minimum absolute atomic E-state index is 0.267. The molecule has 0 aliphatic carbocycles. The number of hydrogen-bond donors (Lipinski definition) is 1. The highest BCUT2D eigenvalue weighted by atomic mass is 16.5. The standard InChI is InChI=1S/C10H18N4O/c1-8(9-7-10(11)12-15-9)14-5-3-13(2)4-6-14/h7-8H,3-6H2,1-2H3,(H2,11,12). The fraction of sp³-hybridized carbons (Fsp3) is 0.700. The Kier molecular flexibility index (Phi) is 2.93. The molecule has 2 heterocycles. The first-order chi connectivity index (χ1) is 7.16. The Balaban J connectivity index is 1.99.